The SMILES string of the molecule is CC(C)N(CCCC(=O)O)C(=O)C1CCCCO1. The lowest BCUT2D eigenvalue weighted by Gasteiger charge is -2.32. The van der Waals surface area contributed by atoms with Gasteiger partial charge in [0.15, 0.2) is 0 Å². The highest BCUT2D eigenvalue weighted by atomic mass is 16.5. The predicted molar refractivity (Wildman–Crippen MR) is 67.3 cm³/mol. The fraction of sp³-hybridized carbons (Fsp3) is 0.846. The number of carboxylic acids is 1. The first kappa shape index (κ1) is 15.0. The fourth-order valence-electron chi connectivity index (χ4n) is 2.14. The van der Waals surface area contributed by atoms with Gasteiger partial charge < -0.3 is 14.7 Å². The Balaban J connectivity index is 2.48. The number of amides is 1. The van der Waals surface area contributed by atoms with E-state index >= 15 is 0 Å². The number of hydrogen-bond donors (Lipinski definition) is 1. The van der Waals surface area contributed by atoms with E-state index in [1.165, 1.54) is 0 Å². The van der Waals surface area contributed by atoms with Crippen molar-refractivity contribution < 1.29 is 19.4 Å². The maximum atomic E-state index is 12.3. The van der Waals surface area contributed by atoms with E-state index < -0.39 is 5.97 Å². The molecule has 1 heterocycles. The third-order valence-corrected chi connectivity index (χ3v) is 3.15. The maximum absolute atomic E-state index is 12.3. The number of ether oxygens (including phenoxy) is 1. The van der Waals surface area contributed by atoms with E-state index in [4.69, 9.17) is 9.84 Å². The number of carbonyl (C=O) groups is 2. The van der Waals surface area contributed by atoms with Crippen LogP contribution in [0, 0.1) is 0 Å². The first-order valence-electron chi connectivity index (χ1n) is 6.66. The van der Waals surface area contributed by atoms with Crippen molar-refractivity contribution in [2.75, 3.05) is 13.2 Å². The van der Waals surface area contributed by atoms with Crippen LogP contribution in [-0.2, 0) is 14.3 Å². The van der Waals surface area contributed by atoms with E-state index in [0.29, 0.717) is 19.6 Å². The van der Waals surface area contributed by atoms with E-state index in [0.717, 1.165) is 19.3 Å². The maximum Gasteiger partial charge on any atom is 0.303 e. The zero-order valence-electron chi connectivity index (χ0n) is 11.2. The van der Waals surface area contributed by atoms with Gasteiger partial charge in [0.05, 0.1) is 0 Å². The number of nitrogens with zero attached hydrogens (tertiary/aromatic N) is 1. The van der Waals surface area contributed by atoms with Crippen LogP contribution in [0.1, 0.15) is 46.0 Å². The minimum absolute atomic E-state index is 0.00934. The molecule has 104 valence electrons. The topological polar surface area (TPSA) is 66.8 Å². The summed E-state index contributed by atoms with van der Waals surface area (Å²) in [5.74, 6) is -0.810. The Labute approximate surface area is 108 Å². The predicted octanol–water partition coefficient (Wildman–Crippen LogP) is 1.66. The highest BCUT2D eigenvalue weighted by molar-refractivity contribution is 5.81. The number of aliphatic carboxylic acids is 1. The molecular weight excluding hydrogens is 234 g/mol. The van der Waals surface area contributed by atoms with Crippen LogP contribution in [0.3, 0.4) is 0 Å². The van der Waals surface area contributed by atoms with E-state index in [2.05, 4.69) is 0 Å². The smallest absolute Gasteiger partial charge is 0.303 e. The van der Waals surface area contributed by atoms with E-state index in [-0.39, 0.29) is 24.5 Å². The van der Waals surface area contributed by atoms with Crippen LogP contribution in [0.25, 0.3) is 0 Å². The third-order valence-electron chi connectivity index (χ3n) is 3.15. The zero-order valence-corrected chi connectivity index (χ0v) is 11.2. The van der Waals surface area contributed by atoms with Crippen LogP contribution in [0.4, 0.5) is 0 Å². The molecule has 1 N–H and O–H groups in total. The lowest BCUT2D eigenvalue weighted by Crippen LogP contribution is -2.45. The number of hydrogen-bond acceptors (Lipinski definition) is 3. The average molecular weight is 257 g/mol. The lowest BCUT2D eigenvalue weighted by molar-refractivity contribution is -0.149. The molecule has 1 fully saturated rings. The third kappa shape index (κ3) is 4.64. The van der Waals surface area contributed by atoms with E-state index in [1.54, 1.807) is 4.90 Å². The Bertz CT molecular complexity index is 285. The summed E-state index contributed by atoms with van der Waals surface area (Å²) >= 11 is 0. The van der Waals surface area contributed by atoms with Gasteiger partial charge in [-0.2, -0.15) is 0 Å². The van der Waals surface area contributed by atoms with Crippen molar-refractivity contribution >= 4 is 11.9 Å². The summed E-state index contributed by atoms with van der Waals surface area (Å²) in [6.07, 6.45) is 3.09. The van der Waals surface area contributed by atoms with Gasteiger partial charge in [-0.25, -0.2) is 0 Å². The molecule has 1 rings (SSSR count). The minimum Gasteiger partial charge on any atom is -0.481 e. The van der Waals surface area contributed by atoms with Crippen molar-refractivity contribution in [2.45, 2.75) is 58.1 Å². The van der Waals surface area contributed by atoms with Gasteiger partial charge in [-0.1, -0.05) is 0 Å². The first-order valence-corrected chi connectivity index (χ1v) is 6.66. The molecule has 5 nitrogen and oxygen atoms in total. The Morgan fingerprint density at radius 1 is 1.39 bits per heavy atom. The molecular formula is C13H23NO4. The average Bonchev–Trinajstić information content (AvgIpc) is 2.34. The molecule has 1 atom stereocenters. The molecule has 1 aliphatic heterocycles. The van der Waals surface area contributed by atoms with Gasteiger partial charge in [0, 0.05) is 25.6 Å². The molecule has 0 spiro atoms. The van der Waals surface area contributed by atoms with Crippen LogP contribution < -0.4 is 0 Å². The van der Waals surface area contributed by atoms with Crippen molar-refractivity contribution in [3.63, 3.8) is 0 Å². The Hall–Kier alpha value is -1.10. The first-order chi connectivity index (χ1) is 8.52. The van der Waals surface area contributed by atoms with Crippen molar-refractivity contribution in [2.24, 2.45) is 0 Å². The standard InChI is InChI=1S/C13H23NO4/c1-10(2)14(8-5-7-12(15)16)13(17)11-6-3-4-9-18-11/h10-11H,3-9H2,1-2H3,(H,15,16). The van der Waals surface area contributed by atoms with Crippen LogP contribution in [0.15, 0.2) is 0 Å². The molecule has 0 saturated carbocycles. The molecule has 0 bridgehead atoms. The second-order valence-corrected chi connectivity index (χ2v) is 4.98. The number of carbonyl (C=O) groups excluding carboxylic acids is 1. The Morgan fingerprint density at radius 3 is 2.61 bits per heavy atom. The molecule has 0 aromatic carbocycles. The molecule has 1 amide bonds. The fourth-order valence-corrected chi connectivity index (χ4v) is 2.14. The van der Waals surface area contributed by atoms with Gasteiger partial charge >= 0.3 is 5.97 Å². The van der Waals surface area contributed by atoms with E-state index in [9.17, 15) is 9.59 Å². The van der Waals surface area contributed by atoms with E-state index in [1.807, 2.05) is 13.8 Å². The molecule has 1 saturated heterocycles. The zero-order chi connectivity index (χ0) is 13.5. The quantitative estimate of drug-likeness (QED) is 0.785. The molecule has 1 unspecified atom stereocenters. The monoisotopic (exact) mass is 257 g/mol. The van der Waals surface area contributed by atoms with Gasteiger partial charge in [0.25, 0.3) is 5.91 Å². The van der Waals surface area contributed by atoms with Gasteiger partial charge in [-0.15, -0.1) is 0 Å². The lowest BCUT2D eigenvalue weighted by atomic mass is 10.1. The summed E-state index contributed by atoms with van der Waals surface area (Å²) in [6.45, 7) is 5.03. The largest absolute Gasteiger partial charge is 0.481 e. The van der Waals surface area contributed by atoms with Crippen molar-refractivity contribution in [3.8, 4) is 0 Å². The highest BCUT2D eigenvalue weighted by Gasteiger charge is 2.28. The van der Waals surface area contributed by atoms with Gasteiger partial charge in [-0.05, 0) is 39.5 Å². The highest BCUT2D eigenvalue weighted by Crippen LogP contribution is 2.16. The van der Waals surface area contributed by atoms with Gasteiger partial charge in [0.1, 0.15) is 6.10 Å². The normalized spacial score (nSPS) is 19.8. The molecule has 18 heavy (non-hydrogen) atoms. The molecule has 1 aliphatic rings. The van der Waals surface area contributed by atoms with Crippen LogP contribution >= 0.6 is 0 Å². The summed E-state index contributed by atoms with van der Waals surface area (Å²) in [5.41, 5.74) is 0. The Morgan fingerprint density at radius 2 is 2.11 bits per heavy atom. The number of carboxylic acid groups (broad SMARTS) is 1. The number of rotatable bonds is 6. The van der Waals surface area contributed by atoms with Crippen molar-refractivity contribution in [3.05, 3.63) is 0 Å². The second-order valence-electron chi connectivity index (χ2n) is 4.98. The summed E-state index contributed by atoms with van der Waals surface area (Å²) in [6, 6.07) is 0.0804. The van der Waals surface area contributed by atoms with Gasteiger partial charge in [-0.3, -0.25) is 9.59 Å². The second kappa shape index (κ2) is 7.36. The summed E-state index contributed by atoms with van der Waals surface area (Å²) in [7, 11) is 0. The Kier molecular flexibility index (Phi) is 6.12. The summed E-state index contributed by atoms with van der Waals surface area (Å²) in [4.78, 5) is 24.5. The minimum atomic E-state index is -0.819. The van der Waals surface area contributed by atoms with Crippen LogP contribution in [-0.4, -0.2) is 47.2 Å². The summed E-state index contributed by atoms with van der Waals surface area (Å²) < 4.78 is 5.49. The van der Waals surface area contributed by atoms with Crippen LogP contribution in [0.2, 0.25) is 0 Å². The molecule has 0 aliphatic carbocycles. The van der Waals surface area contributed by atoms with Crippen molar-refractivity contribution in [1.82, 2.24) is 4.90 Å². The molecule has 0 aromatic rings. The van der Waals surface area contributed by atoms with Crippen molar-refractivity contribution in [1.29, 1.82) is 0 Å². The summed E-state index contributed by atoms with van der Waals surface area (Å²) in [5, 5.41) is 8.62. The van der Waals surface area contributed by atoms with Gasteiger partial charge in [0.2, 0.25) is 0 Å². The molecule has 0 aromatic heterocycles. The van der Waals surface area contributed by atoms with Crippen LogP contribution in [0.5, 0.6) is 0 Å². The molecule has 0 radical (unpaired) electrons. The molecule has 5 heteroatoms.